The second-order valence-electron chi connectivity index (χ2n) is 7.56. The fourth-order valence-corrected chi connectivity index (χ4v) is 3.88. The molecule has 1 N–H and O–H groups in total. The number of nitrogens with zero attached hydrogens (tertiary/aromatic N) is 1. The van der Waals surface area contributed by atoms with E-state index < -0.39 is 5.97 Å². The molecule has 0 bridgehead atoms. The Bertz CT molecular complexity index is 1010. The maximum absolute atomic E-state index is 12.8. The summed E-state index contributed by atoms with van der Waals surface area (Å²) in [5.74, 6) is 0.196. The molecule has 2 aromatic heterocycles. The van der Waals surface area contributed by atoms with Gasteiger partial charge in [-0.1, -0.05) is 38.0 Å². The van der Waals surface area contributed by atoms with E-state index in [-0.39, 0.29) is 18.6 Å². The molecule has 150 valence electrons. The lowest BCUT2D eigenvalue weighted by atomic mass is 9.86. The minimum absolute atomic E-state index is 0.155. The number of pyridine rings is 1. The van der Waals surface area contributed by atoms with Gasteiger partial charge in [0.25, 0.3) is 5.91 Å². The molecular weight excluding hydrogens is 368 g/mol. The van der Waals surface area contributed by atoms with Crippen LogP contribution in [-0.4, -0.2) is 29.5 Å². The first kappa shape index (κ1) is 19.2. The van der Waals surface area contributed by atoms with Crippen LogP contribution in [0.4, 0.5) is 0 Å². The lowest BCUT2D eigenvalue weighted by molar-refractivity contribution is -0.125. The van der Waals surface area contributed by atoms with Gasteiger partial charge in [0, 0.05) is 11.4 Å². The van der Waals surface area contributed by atoms with Gasteiger partial charge >= 0.3 is 5.97 Å². The van der Waals surface area contributed by atoms with Crippen LogP contribution in [-0.2, 0) is 9.53 Å². The fourth-order valence-electron chi connectivity index (χ4n) is 3.88. The quantitative estimate of drug-likeness (QED) is 0.653. The molecule has 1 amide bonds. The van der Waals surface area contributed by atoms with Gasteiger partial charge in [-0.3, -0.25) is 4.79 Å². The lowest BCUT2D eigenvalue weighted by Gasteiger charge is -2.29. The number of ether oxygens (including phenoxy) is 1. The third-order valence-electron chi connectivity index (χ3n) is 5.50. The number of furan rings is 1. The van der Waals surface area contributed by atoms with Crippen molar-refractivity contribution in [3.05, 3.63) is 54.3 Å². The van der Waals surface area contributed by atoms with Crippen LogP contribution in [0.3, 0.4) is 0 Å². The van der Waals surface area contributed by atoms with Crippen LogP contribution in [0.5, 0.6) is 0 Å². The van der Waals surface area contributed by atoms with Crippen molar-refractivity contribution in [3.63, 3.8) is 0 Å². The molecule has 29 heavy (non-hydrogen) atoms. The minimum Gasteiger partial charge on any atom is -0.463 e. The van der Waals surface area contributed by atoms with Gasteiger partial charge in [-0.05, 0) is 43.0 Å². The Morgan fingerprint density at radius 3 is 2.79 bits per heavy atom. The highest BCUT2D eigenvalue weighted by Gasteiger charge is 2.23. The summed E-state index contributed by atoms with van der Waals surface area (Å²) in [6.45, 7) is 1.85. The van der Waals surface area contributed by atoms with Crippen molar-refractivity contribution in [2.24, 2.45) is 5.92 Å². The lowest BCUT2D eigenvalue weighted by Crippen LogP contribution is -2.42. The number of rotatable bonds is 5. The molecule has 1 aliphatic carbocycles. The van der Waals surface area contributed by atoms with Crippen molar-refractivity contribution in [1.82, 2.24) is 10.3 Å². The third-order valence-corrected chi connectivity index (χ3v) is 5.50. The molecule has 1 aromatic carbocycles. The second kappa shape index (κ2) is 8.47. The standard InChI is InChI=1S/C23H24N2O4/c1-15-7-2-4-9-18(15)25-22(26)14-29-23(27)17-13-20(21-11-6-12-28-21)24-19-10-5-3-8-16(17)19/h3,5-6,8,10-13,15,18H,2,4,7,9,14H2,1H3,(H,25,26)/t15-,18+/m1/s1. The first-order valence-corrected chi connectivity index (χ1v) is 10.0. The third kappa shape index (κ3) is 4.31. The smallest absolute Gasteiger partial charge is 0.339 e. The molecule has 6 nitrogen and oxygen atoms in total. The summed E-state index contributed by atoms with van der Waals surface area (Å²) in [6, 6.07) is 12.7. The SMILES string of the molecule is C[C@@H]1CCCC[C@@H]1NC(=O)COC(=O)c1cc(-c2ccco2)nc2ccccc12. The number of amides is 1. The molecule has 0 aliphatic heterocycles. The van der Waals surface area contributed by atoms with E-state index >= 15 is 0 Å². The van der Waals surface area contributed by atoms with Gasteiger partial charge in [0.2, 0.25) is 0 Å². The summed E-state index contributed by atoms with van der Waals surface area (Å²) < 4.78 is 10.8. The number of para-hydroxylation sites is 1. The number of esters is 1. The van der Waals surface area contributed by atoms with Crippen LogP contribution in [0.1, 0.15) is 43.0 Å². The molecule has 6 heteroatoms. The van der Waals surface area contributed by atoms with Gasteiger partial charge < -0.3 is 14.5 Å². The first-order valence-electron chi connectivity index (χ1n) is 10.0. The number of fused-ring (bicyclic) bond motifs is 1. The Balaban J connectivity index is 1.50. The molecule has 0 spiro atoms. The molecule has 1 aliphatic rings. The van der Waals surface area contributed by atoms with Crippen LogP contribution in [0, 0.1) is 5.92 Å². The molecule has 0 unspecified atom stereocenters. The maximum atomic E-state index is 12.8. The van der Waals surface area contributed by atoms with Gasteiger partial charge in [0.1, 0.15) is 5.69 Å². The Morgan fingerprint density at radius 1 is 1.17 bits per heavy atom. The van der Waals surface area contributed by atoms with Crippen molar-refractivity contribution in [2.45, 2.75) is 38.6 Å². The molecule has 0 saturated heterocycles. The molecule has 4 rings (SSSR count). The molecule has 1 saturated carbocycles. The summed E-state index contributed by atoms with van der Waals surface area (Å²) in [5.41, 5.74) is 1.57. The monoisotopic (exact) mass is 392 g/mol. The van der Waals surface area contributed by atoms with Crippen LogP contribution in [0.15, 0.2) is 53.1 Å². The van der Waals surface area contributed by atoms with Gasteiger partial charge in [-0.2, -0.15) is 0 Å². The second-order valence-corrected chi connectivity index (χ2v) is 7.56. The summed E-state index contributed by atoms with van der Waals surface area (Å²) in [6.07, 6.45) is 5.97. The summed E-state index contributed by atoms with van der Waals surface area (Å²) in [4.78, 5) is 29.6. The molecular formula is C23H24N2O4. The Labute approximate surface area is 169 Å². The highest BCUT2D eigenvalue weighted by Crippen LogP contribution is 2.26. The van der Waals surface area contributed by atoms with E-state index in [1.807, 2.05) is 24.3 Å². The molecule has 3 aromatic rings. The molecule has 2 atom stereocenters. The Hall–Kier alpha value is -3.15. The number of carbonyl (C=O) groups excluding carboxylic acids is 2. The molecule has 1 fully saturated rings. The fraction of sp³-hybridized carbons (Fsp3) is 0.348. The minimum atomic E-state index is -0.553. The van der Waals surface area contributed by atoms with E-state index in [2.05, 4.69) is 17.2 Å². The number of carbonyl (C=O) groups is 2. The normalized spacial score (nSPS) is 19.1. The van der Waals surface area contributed by atoms with Crippen molar-refractivity contribution < 1.29 is 18.7 Å². The molecule has 0 radical (unpaired) electrons. The van der Waals surface area contributed by atoms with Crippen molar-refractivity contribution in [2.75, 3.05) is 6.61 Å². The summed E-state index contributed by atoms with van der Waals surface area (Å²) in [5, 5.41) is 3.68. The number of aromatic nitrogens is 1. The summed E-state index contributed by atoms with van der Waals surface area (Å²) >= 11 is 0. The van der Waals surface area contributed by atoms with E-state index in [1.165, 1.54) is 6.42 Å². The van der Waals surface area contributed by atoms with Crippen molar-refractivity contribution in [1.29, 1.82) is 0 Å². The van der Waals surface area contributed by atoms with Crippen LogP contribution in [0.25, 0.3) is 22.4 Å². The van der Waals surface area contributed by atoms with E-state index in [0.29, 0.717) is 33.8 Å². The van der Waals surface area contributed by atoms with E-state index in [0.717, 1.165) is 19.3 Å². The zero-order valence-corrected chi connectivity index (χ0v) is 16.4. The topological polar surface area (TPSA) is 81.4 Å². The van der Waals surface area contributed by atoms with Crippen LogP contribution < -0.4 is 5.32 Å². The van der Waals surface area contributed by atoms with Crippen molar-refractivity contribution >= 4 is 22.8 Å². The van der Waals surface area contributed by atoms with Crippen LogP contribution in [0.2, 0.25) is 0 Å². The first-order chi connectivity index (χ1) is 14.1. The average Bonchev–Trinajstić information content (AvgIpc) is 3.28. The van der Waals surface area contributed by atoms with Gasteiger partial charge in [-0.15, -0.1) is 0 Å². The zero-order chi connectivity index (χ0) is 20.2. The van der Waals surface area contributed by atoms with E-state index in [1.54, 1.807) is 24.5 Å². The highest BCUT2D eigenvalue weighted by molar-refractivity contribution is 6.05. The number of hydrogen-bond donors (Lipinski definition) is 1. The zero-order valence-electron chi connectivity index (χ0n) is 16.4. The van der Waals surface area contributed by atoms with Crippen LogP contribution >= 0.6 is 0 Å². The Morgan fingerprint density at radius 2 is 2.00 bits per heavy atom. The molecule has 2 heterocycles. The van der Waals surface area contributed by atoms with Gasteiger partial charge in [0.05, 0.1) is 17.3 Å². The predicted octanol–water partition coefficient (Wildman–Crippen LogP) is 4.35. The maximum Gasteiger partial charge on any atom is 0.339 e. The van der Waals surface area contributed by atoms with E-state index in [4.69, 9.17) is 9.15 Å². The number of benzene rings is 1. The highest BCUT2D eigenvalue weighted by atomic mass is 16.5. The Kier molecular flexibility index (Phi) is 5.60. The number of hydrogen-bond acceptors (Lipinski definition) is 5. The van der Waals surface area contributed by atoms with Crippen molar-refractivity contribution in [3.8, 4) is 11.5 Å². The largest absolute Gasteiger partial charge is 0.463 e. The number of nitrogens with one attached hydrogen (secondary N) is 1. The van der Waals surface area contributed by atoms with Gasteiger partial charge in [0.15, 0.2) is 12.4 Å². The summed E-state index contributed by atoms with van der Waals surface area (Å²) in [7, 11) is 0. The predicted molar refractivity (Wildman–Crippen MR) is 109 cm³/mol. The average molecular weight is 392 g/mol. The van der Waals surface area contributed by atoms with Gasteiger partial charge in [-0.25, -0.2) is 9.78 Å². The van der Waals surface area contributed by atoms with E-state index in [9.17, 15) is 9.59 Å².